The monoisotopic (exact) mass is 389 g/mol. The second-order valence-corrected chi connectivity index (χ2v) is 5.92. The van der Waals surface area contributed by atoms with E-state index in [-0.39, 0.29) is 24.6 Å². The Morgan fingerprint density at radius 3 is 2.11 bits per heavy atom. The summed E-state index contributed by atoms with van der Waals surface area (Å²) in [7, 11) is 2.41. The van der Waals surface area contributed by atoms with Crippen LogP contribution in [-0.2, 0) is 23.8 Å². The van der Waals surface area contributed by atoms with Crippen LogP contribution in [-0.4, -0.2) is 39.5 Å². The van der Waals surface area contributed by atoms with E-state index in [4.69, 9.17) is 14.2 Å². The first kappa shape index (κ1) is 19.5. The molecule has 0 radical (unpaired) electrons. The molecule has 0 bridgehead atoms. The number of ether oxygens (including phenoxy) is 3. The number of rotatable bonds is 4. The van der Waals surface area contributed by atoms with Crippen LogP contribution in [0.3, 0.4) is 0 Å². The second-order valence-electron chi connectivity index (χ2n) is 5.92. The summed E-state index contributed by atoms with van der Waals surface area (Å²) in [5, 5.41) is 0. The molecule has 8 heteroatoms. The van der Waals surface area contributed by atoms with E-state index in [9.17, 15) is 18.4 Å². The molecule has 0 aromatic heterocycles. The summed E-state index contributed by atoms with van der Waals surface area (Å²) in [6.07, 6.45) is 0. The van der Waals surface area contributed by atoms with Gasteiger partial charge in [-0.2, -0.15) is 0 Å². The van der Waals surface area contributed by atoms with E-state index in [1.54, 1.807) is 24.3 Å². The zero-order chi connectivity index (χ0) is 20.3. The topological polar surface area (TPSA) is 65.1 Å². The van der Waals surface area contributed by atoms with Gasteiger partial charge < -0.3 is 19.1 Å². The third-order valence-corrected chi connectivity index (χ3v) is 4.21. The molecule has 0 saturated heterocycles. The summed E-state index contributed by atoms with van der Waals surface area (Å²) in [5.41, 5.74) is 1.54. The minimum atomic E-state index is -0.708. The largest absolute Gasteiger partial charge is 0.466 e. The van der Waals surface area contributed by atoms with Crippen molar-refractivity contribution in [2.75, 3.05) is 32.5 Å². The van der Waals surface area contributed by atoms with Crippen LogP contribution in [0.4, 0.5) is 14.5 Å². The molecule has 1 aliphatic heterocycles. The van der Waals surface area contributed by atoms with Crippen molar-refractivity contribution < 1.29 is 32.6 Å². The lowest BCUT2D eigenvalue weighted by molar-refractivity contribution is -0.140. The van der Waals surface area contributed by atoms with E-state index < -0.39 is 23.6 Å². The summed E-state index contributed by atoms with van der Waals surface area (Å²) in [6, 6.07) is 9.81. The van der Waals surface area contributed by atoms with Crippen LogP contribution in [0.2, 0.25) is 0 Å². The minimum absolute atomic E-state index is 0.0128. The van der Waals surface area contributed by atoms with Crippen molar-refractivity contribution in [3.8, 4) is 11.1 Å². The summed E-state index contributed by atoms with van der Waals surface area (Å²) in [6.45, 7) is -0.0763. The third kappa shape index (κ3) is 3.86. The van der Waals surface area contributed by atoms with Crippen molar-refractivity contribution in [1.29, 1.82) is 0 Å². The highest BCUT2D eigenvalue weighted by Gasteiger charge is 2.32. The average molecular weight is 389 g/mol. The van der Waals surface area contributed by atoms with E-state index in [2.05, 4.69) is 0 Å². The molecule has 6 nitrogen and oxygen atoms in total. The summed E-state index contributed by atoms with van der Waals surface area (Å²) in [4.78, 5) is 25.8. The number of nitrogens with zero attached hydrogens (tertiary/aromatic N) is 1. The van der Waals surface area contributed by atoms with Gasteiger partial charge in [-0.3, -0.25) is 0 Å². The first-order chi connectivity index (χ1) is 13.4. The zero-order valence-corrected chi connectivity index (χ0v) is 15.2. The summed E-state index contributed by atoms with van der Waals surface area (Å²) >= 11 is 0. The number of methoxy groups -OCH3 is 2. The fourth-order valence-corrected chi connectivity index (χ4v) is 2.90. The highest BCUT2D eigenvalue weighted by molar-refractivity contribution is 6.03. The molecule has 0 unspecified atom stereocenters. The number of benzene rings is 2. The van der Waals surface area contributed by atoms with E-state index >= 15 is 0 Å². The van der Waals surface area contributed by atoms with Crippen LogP contribution >= 0.6 is 0 Å². The van der Waals surface area contributed by atoms with Gasteiger partial charge in [0, 0.05) is 11.8 Å². The number of anilines is 1. The van der Waals surface area contributed by atoms with Gasteiger partial charge in [-0.25, -0.2) is 18.4 Å². The van der Waals surface area contributed by atoms with Gasteiger partial charge in [0.15, 0.2) is 0 Å². The standard InChI is InChI=1S/C20H17F2NO5/c1-26-19(24)17-10-28-11-23(18(17)20(25)27-2)16-5-3-12(4-6-16)13-7-14(21)9-15(22)8-13/h3-9H,10-11H2,1-2H3. The lowest BCUT2D eigenvalue weighted by Gasteiger charge is -2.31. The van der Waals surface area contributed by atoms with Gasteiger partial charge >= 0.3 is 11.9 Å². The summed E-state index contributed by atoms with van der Waals surface area (Å²) in [5.74, 6) is -2.76. The molecule has 146 valence electrons. The Morgan fingerprint density at radius 1 is 0.929 bits per heavy atom. The maximum Gasteiger partial charge on any atom is 0.355 e. The molecule has 0 fully saturated rings. The van der Waals surface area contributed by atoms with Crippen molar-refractivity contribution in [2.45, 2.75) is 0 Å². The molecular weight excluding hydrogens is 372 g/mol. The van der Waals surface area contributed by atoms with Crippen LogP contribution in [0.1, 0.15) is 0 Å². The molecule has 1 aliphatic rings. The Labute approximate surface area is 159 Å². The lowest BCUT2D eigenvalue weighted by Crippen LogP contribution is -2.38. The van der Waals surface area contributed by atoms with Crippen LogP contribution < -0.4 is 4.90 Å². The smallest absolute Gasteiger partial charge is 0.355 e. The fraction of sp³-hybridized carbons (Fsp3) is 0.200. The number of hydrogen-bond acceptors (Lipinski definition) is 6. The maximum absolute atomic E-state index is 13.4. The highest BCUT2D eigenvalue weighted by atomic mass is 19.1. The predicted octanol–water partition coefficient (Wildman–Crippen LogP) is 3.03. The number of carbonyl (C=O) groups excluding carboxylic acids is 2. The molecule has 0 atom stereocenters. The molecule has 0 amide bonds. The molecule has 0 aliphatic carbocycles. The Bertz CT molecular complexity index is 920. The molecule has 0 N–H and O–H groups in total. The quantitative estimate of drug-likeness (QED) is 0.749. The first-order valence-corrected chi connectivity index (χ1v) is 8.26. The van der Waals surface area contributed by atoms with Gasteiger partial charge in [0.05, 0.1) is 26.4 Å². The number of halogens is 2. The van der Waals surface area contributed by atoms with Crippen LogP contribution in [0.15, 0.2) is 53.7 Å². The molecule has 0 saturated carbocycles. The number of esters is 2. The van der Waals surface area contributed by atoms with Crippen LogP contribution in [0, 0.1) is 11.6 Å². The predicted molar refractivity (Wildman–Crippen MR) is 96.2 cm³/mol. The molecule has 3 rings (SSSR count). The molecule has 1 heterocycles. The Balaban J connectivity index is 1.99. The normalized spacial score (nSPS) is 14.1. The average Bonchev–Trinajstić information content (AvgIpc) is 2.71. The minimum Gasteiger partial charge on any atom is -0.466 e. The SMILES string of the molecule is COC(=O)C1=C(C(=O)OC)N(c2ccc(-c3cc(F)cc(F)c3)cc2)COC1. The number of hydrogen-bond donors (Lipinski definition) is 0. The molecule has 2 aromatic rings. The Morgan fingerprint density at radius 2 is 1.54 bits per heavy atom. The lowest BCUT2D eigenvalue weighted by atomic mass is 10.0. The van der Waals surface area contributed by atoms with E-state index in [1.165, 1.54) is 31.3 Å². The van der Waals surface area contributed by atoms with Crippen molar-refractivity contribution in [3.05, 3.63) is 65.4 Å². The highest BCUT2D eigenvalue weighted by Crippen LogP contribution is 2.29. The van der Waals surface area contributed by atoms with Crippen molar-refractivity contribution in [3.63, 3.8) is 0 Å². The van der Waals surface area contributed by atoms with Gasteiger partial charge in [-0.1, -0.05) is 12.1 Å². The van der Waals surface area contributed by atoms with Gasteiger partial charge in [0.1, 0.15) is 24.1 Å². The first-order valence-electron chi connectivity index (χ1n) is 8.26. The molecule has 2 aromatic carbocycles. The van der Waals surface area contributed by atoms with E-state index in [0.717, 1.165) is 6.07 Å². The fourth-order valence-electron chi connectivity index (χ4n) is 2.90. The molecule has 28 heavy (non-hydrogen) atoms. The third-order valence-electron chi connectivity index (χ3n) is 4.21. The van der Waals surface area contributed by atoms with Crippen molar-refractivity contribution >= 4 is 17.6 Å². The van der Waals surface area contributed by atoms with Crippen LogP contribution in [0.25, 0.3) is 11.1 Å². The van der Waals surface area contributed by atoms with Crippen molar-refractivity contribution in [1.82, 2.24) is 0 Å². The Hall–Kier alpha value is -3.26. The Kier molecular flexibility index (Phi) is 5.70. The van der Waals surface area contributed by atoms with E-state index in [0.29, 0.717) is 16.8 Å². The molecular formula is C20H17F2NO5. The van der Waals surface area contributed by atoms with Gasteiger partial charge in [-0.15, -0.1) is 0 Å². The van der Waals surface area contributed by atoms with E-state index in [1.807, 2.05) is 0 Å². The van der Waals surface area contributed by atoms with Gasteiger partial charge in [-0.05, 0) is 35.4 Å². The zero-order valence-electron chi connectivity index (χ0n) is 15.2. The number of carbonyl (C=O) groups is 2. The summed E-state index contributed by atoms with van der Waals surface area (Å²) < 4.78 is 41.8. The maximum atomic E-state index is 13.4. The van der Waals surface area contributed by atoms with Crippen LogP contribution in [0.5, 0.6) is 0 Å². The van der Waals surface area contributed by atoms with Gasteiger partial charge in [0.25, 0.3) is 0 Å². The molecule has 0 spiro atoms. The second kappa shape index (κ2) is 8.18. The van der Waals surface area contributed by atoms with Crippen molar-refractivity contribution in [2.24, 2.45) is 0 Å². The van der Waals surface area contributed by atoms with Gasteiger partial charge in [0.2, 0.25) is 0 Å².